The van der Waals surface area contributed by atoms with Crippen LogP contribution in [0.25, 0.3) is 15.8 Å². The van der Waals surface area contributed by atoms with Crippen molar-refractivity contribution in [3.05, 3.63) is 82.9 Å². The first-order valence-corrected chi connectivity index (χ1v) is 14.5. The molecule has 1 aliphatic carbocycles. The normalized spacial score (nSPS) is 14.4. The molecule has 1 nitrogen and oxygen atoms in total. The van der Waals surface area contributed by atoms with Gasteiger partial charge in [0.2, 0.25) is 0 Å². The zero-order valence-corrected chi connectivity index (χ0v) is 25.1. The molecule has 0 atom stereocenters. The molecule has 0 spiro atoms. The Kier molecular flexibility index (Phi) is 11.2. The van der Waals surface area contributed by atoms with E-state index in [1.165, 1.54) is 59.2 Å². The Morgan fingerprint density at radius 2 is 1.69 bits per heavy atom. The van der Waals surface area contributed by atoms with Crippen LogP contribution >= 0.6 is 11.3 Å². The van der Waals surface area contributed by atoms with E-state index in [4.69, 9.17) is 4.98 Å². The van der Waals surface area contributed by atoms with E-state index in [9.17, 15) is 0 Å². The van der Waals surface area contributed by atoms with Crippen molar-refractivity contribution in [1.29, 1.82) is 0 Å². The molecule has 4 rings (SSSR count). The van der Waals surface area contributed by atoms with Crippen molar-refractivity contribution in [3.63, 3.8) is 0 Å². The van der Waals surface area contributed by atoms with E-state index in [2.05, 4.69) is 98.0 Å². The number of hydrogen-bond donors (Lipinski definition) is 0. The van der Waals surface area contributed by atoms with Gasteiger partial charge in [-0.2, -0.15) is 0 Å². The fraction of sp³-hybridized carbons (Fsp3) is 0.500. The van der Waals surface area contributed by atoms with Crippen molar-refractivity contribution in [3.8, 4) is 0 Å². The molecule has 0 saturated heterocycles. The van der Waals surface area contributed by atoms with E-state index in [-0.39, 0.29) is 5.41 Å². The minimum absolute atomic E-state index is 0.272. The molecule has 3 aromatic rings. The highest BCUT2D eigenvalue weighted by atomic mass is 32.1. The molecule has 0 aliphatic heterocycles. The predicted octanol–water partition coefficient (Wildman–Crippen LogP) is 10.9. The van der Waals surface area contributed by atoms with Crippen LogP contribution in [0.2, 0.25) is 0 Å². The van der Waals surface area contributed by atoms with Gasteiger partial charge in [-0.15, -0.1) is 17.9 Å². The van der Waals surface area contributed by atoms with Crippen molar-refractivity contribution >= 4 is 27.1 Å². The first kappa shape index (κ1) is 30.0. The van der Waals surface area contributed by atoms with Crippen molar-refractivity contribution < 1.29 is 0 Å². The van der Waals surface area contributed by atoms with Crippen LogP contribution in [0.15, 0.2) is 55.6 Å². The lowest BCUT2D eigenvalue weighted by Gasteiger charge is -2.27. The van der Waals surface area contributed by atoms with E-state index in [0.29, 0.717) is 5.41 Å². The Hall–Kier alpha value is -2.19. The highest BCUT2D eigenvalue weighted by Gasteiger charge is 2.33. The van der Waals surface area contributed by atoms with E-state index in [1.54, 1.807) is 23.0 Å². The molecule has 1 aliphatic rings. The van der Waals surface area contributed by atoms with Crippen LogP contribution in [0.4, 0.5) is 0 Å². The molecule has 1 saturated carbocycles. The summed E-state index contributed by atoms with van der Waals surface area (Å²) >= 11 is 1.78. The van der Waals surface area contributed by atoms with E-state index in [1.807, 2.05) is 6.92 Å². The van der Waals surface area contributed by atoms with Crippen LogP contribution in [-0.4, -0.2) is 4.98 Å². The van der Waals surface area contributed by atoms with Gasteiger partial charge in [-0.25, -0.2) is 4.98 Å². The van der Waals surface area contributed by atoms with E-state index < -0.39 is 0 Å². The maximum atomic E-state index is 4.97. The Morgan fingerprint density at radius 1 is 1.11 bits per heavy atom. The van der Waals surface area contributed by atoms with Gasteiger partial charge in [-0.3, -0.25) is 0 Å². The Morgan fingerprint density at radius 3 is 2.17 bits per heavy atom. The number of aromatic nitrogens is 1. The highest BCUT2D eigenvalue weighted by molar-refractivity contribution is 7.19. The Balaban J connectivity index is 0.000000244. The molecule has 2 heteroatoms. The molecule has 1 aromatic carbocycles. The number of rotatable bonds is 5. The summed E-state index contributed by atoms with van der Waals surface area (Å²) in [6.07, 6.45) is 10.8. The summed E-state index contributed by atoms with van der Waals surface area (Å²) in [5.41, 5.74) is 7.50. The number of fused-ring (bicyclic) bond motifs is 1. The van der Waals surface area contributed by atoms with Crippen LogP contribution in [0, 0.1) is 12.3 Å². The molecule has 196 valence electrons. The molecule has 0 bridgehead atoms. The van der Waals surface area contributed by atoms with Crippen molar-refractivity contribution in [1.82, 2.24) is 4.98 Å². The zero-order valence-electron chi connectivity index (χ0n) is 24.3. The number of pyridine rings is 1. The fourth-order valence-corrected chi connectivity index (χ4v) is 6.38. The zero-order chi connectivity index (χ0) is 26.9. The van der Waals surface area contributed by atoms with Crippen LogP contribution in [0.3, 0.4) is 0 Å². The summed E-state index contributed by atoms with van der Waals surface area (Å²) in [6.45, 7) is 25.0. The number of aryl methyl sites for hydroxylation is 2. The molecule has 0 unspecified atom stereocenters. The number of thiophene rings is 1. The summed E-state index contributed by atoms with van der Waals surface area (Å²) in [5, 5.41) is 1.31. The van der Waals surface area contributed by atoms with Gasteiger partial charge < -0.3 is 0 Å². The van der Waals surface area contributed by atoms with Gasteiger partial charge in [0.05, 0.1) is 0 Å². The smallest absolute Gasteiger partial charge is 0.124 e. The topological polar surface area (TPSA) is 12.9 Å². The minimum atomic E-state index is 0.272. The van der Waals surface area contributed by atoms with E-state index >= 15 is 0 Å². The third-order valence-electron chi connectivity index (χ3n) is 7.19. The van der Waals surface area contributed by atoms with Crippen LogP contribution in [0.5, 0.6) is 0 Å². The molecule has 2 aromatic heterocycles. The molecular formula is C34H49NS. The molecule has 36 heavy (non-hydrogen) atoms. The Labute approximate surface area is 225 Å². The molecule has 1 fully saturated rings. The van der Waals surface area contributed by atoms with Crippen molar-refractivity contribution in [2.45, 2.75) is 106 Å². The lowest BCUT2D eigenvalue weighted by atomic mass is 9.77. The average molecular weight is 504 g/mol. The maximum absolute atomic E-state index is 4.97. The number of nitrogens with zero attached hydrogens (tertiary/aromatic N) is 1. The second-order valence-corrected chi connectivity index (χ2v) is 12.5. The Bertz CT molecular complexity index is 1120. The van der Waals surface area contributed by atoms with Crippen LogP contribution in [-0.2, 0) is 18.3 Å². The standard InChI is InChI=1S/C18H25NS.C13H18.C3H6/c1-8-13-9-14-12(4)16(11(2)3)20-17(14)19-15(13)10-18(5,6)7;1-2-13(10-6-7-11-13)12-8-4-3-5-9-12;1-3-2/h9H,2,8,10H2,1,3-7H3;3-5,8-9H,2,6-7,10-11H2,1H3;3H,1H2,2H3. The molecule has 0 N–H and O–H groups in total. The minimum Gasteiger partial charge on any atom is -0.242 e. The van der Waals surface area contributed by atoms with Gasteiger partial charge in [0, 0.05) is 16.0 Å². The maximum Gasteiger partial charge on any atom is 0.124 e. The average Bonchev–Trinajstić information content (AvgIpc) is 3.45. The van der Waals surface area contributed by atoms with Crippen LogP contribution < -0.4 is 0 Å². The van der Waals surface area contributed by atoms with Crippen molar-refractivity contribution in [2.24, 2.45) is 5.41 Å². The molecule has 0 amide bonds. The molecular weight excluding hydrogens is 454 g/mol. The van der Waals surface area contributed by atoms with Gasteiger partial charge in [0.1, 0.15) is 4.83 Å². The van der Waals surface area contributed by atoms with Gasteiger partial charge in [-0.1, -0.05) is 90.4 Å². The summed E-state index contributed by atoms with van der Waals surface area (Å²) in [4.78, 5) is 7.43. The lowest BCUT2D eigenvalue weighted by Crippen LogP contribution is -2.20. The third kappa shape index (κ3) is 7.65. The van der Waals surface area contributed by atoms with Gasteiger partial charge in [-0.05, 0) is 92.0 Å². The summed E-state index contributed by atoms with van der Waals surface area (Å²) in [5.74, 6) is 0. The van der Waals surface area contributed by atoms with E-state index in [0.717, 1.165) is 23.2 Å². The highest BCUT2D eigenvalue weighted by Crippen LogP contribution is 2.43. The number of allylic oxidation sites excluding steroid dienone is 2. The van der Waals surface area contributed by atoms with Gasteiger partial charge >= 0.3 is 0 Å². The second-order valence-electron chi connectivity index (χ2n) is 11.5. The SMILES string of the molecule is C=C(C)c1sc2nc(CC(C)(C)C)c(CC)cc2c1C.C=CC.CCC1(c2ccccc2)CCCC1. The van der Waals surface area contributed by atoms with Gasteiger partial charge in [0.15, 0.2) is 0 Å². The van der Waals surface area contributed by atoms with Gasteiger partial charge in [0.25, 0.3) is 0 Å². The third-order valence-corrected chi connectivity index (χ3v) is 8.55. The molecule has 0 radical (unpaired) electrons. The summed E-state index contributed by atoms with van der Waals surface area (Å²) in [6, 6.07) is 13.4. The van der Waals surface area contributed by atoms with Crippen LogP contribution in [0.1, 0.15) is 108 Å². The fourth-order valence-electron chi connectivity index (χ4n) is 5.27. The second kappa shape index (κ2) is 13.4. The molecule has 2 heterocycles. The largest absolute Gasteiger partial charge is 0.242 e. The number of hydrogen-bond acceptors (Lipinski definition) is 2. The lowest BCUT2D eigenvalue weighted by molar-refractivity contribution is 0.405. The predicted molar refractivity (Wildman–Crippen MR) is 164 cm³/mol. The summed E-state index contributed by atoms with van der Waals surface area (Å²) < 4.78 is 0. The first-order valence-electron chi connectivity index (χ1n) is 13.7. The monoisotopic (exact) mass is 503 g/mol. The quantitative estimate of drug-likeness (QED) is 0.315. The first-order chi connectivity index (χ1) is 17.0. The number of benzene rings is 1. The summed E-state index contributed by atoms with van der Waals surface area (Å²) in [7, 11) is 0. The van der Waals surface area contributed by atoms with Crippen molar-refractivity contribution in [2.75, 3.05) is 0 Å².